The van der Waals surface area contributed by atoms with Crippen LogP contribution in [0.4, 0.5) is 14.9 Å². The molecule has 3 fully saturated rings. The van der Waals surface area contributed by atoms with E-state index in [1.165, 1.54) is 22.3 Å². The molecule has 1 aromatic carbocycles. The van der Waals surface area contributed by atoms with Gasteiger partial charge in [0.25, 0.3) is 0 Å². The molecule has 4 heterocycles. The van der Waals surface area contributed by atoms with E-state index in [9.17, 15) is 9.18 Å². The third-order valence-electron chi connectivity index (χ3n) is 5.15. The number of benzene rings is 1. The third kappa shape index (κ3) is 3.80. The van der Waals surface area contributed by atoms with E-state index in [1.807, 2.05) is 11.4 Å². The lowest BCUT2D eigenvalue weighted by atomic mass is 9.86. The molecule has 1 atom stereocenters. The van der Waals surface area contributed by atoms with Gasteiger partial charge in [0, 0.05) is 21.3 Å². The number of fused-ring (bicyclic) bond motifs is 3. The Labute approximate surface area is 164 Å². The first-order valence-corrected chi connectivity index (χ1v) is 10.5. The van der Waals surface area contributed by atoms with Crippen LogP contribution < -0.4 is 4.90 Å². The number of carbonyl (C=O) groups is 1. The van der Waals surface area contributed by atoms with E-state index in [0.717, 1.165) is 41.8 Å². The van der Waals surface area contributed by atoms with Crippen molar-refractivity contribution in [1.82, 2.24) is 4.90 Å². The van der Waals surface area contributed by atoms with Crippen LogP contribution in [0, 0.1) is 11.7 Å². The Morgan fingerprint density at radius 2 is 2.12 bits per heavy atom. The number of thiophene rings is 1. The molecule has 3 aliphatic heterocycles. The minimum Gasteiger partial charge on any atom is -0.444 e. The molecule has 3 saturated heterocycles. The van der Waals surface area contributed by atoms with Crippen molar-refractivity contribution in [2.45, 2.75) is 25.5 Å². The van der Waals surface area contributed by atoms with Gasteiger partial charge in [0.05, 0.1) is 12.2 Å². The molecule has 0 saturated carbocycles. The van der Waals surface area contributed by atoms with Gasteiger partial charge in [-0.15, -0.1) is 11.3 Å². The highest BCUT2D eigenvalue weighted by Crippen LogP contribution is 2.31. The molecule has 0 aliphatic carbocycles. The number of carbonyl (C=O) groups excluding carboxylic acids is 1. The Balaban J connectivity index is 1.55. The fourth-order valence-corrected chi connectivity index (χ4v) is 5.19. The molecule has 1 unspecified atom stereocenters. The molecule has 4 nitrogen and oxygen atoms in total. The molecule has 26 heavy (non-hydrogen) atoms. The number of hydrogen-bond donors (Lipinski definition) is 0. The molecule has 0 spiro atoms. The number of nitrogens with zero attached hydrogens (tertiary/aromatic N) is 2. The first-order valence-electron chi connectivity index (χ1n) is 8.78. The summed E-state index contributed by atoms with van der Waals surface area (Å²) in [5.41, 5.74) is 0.253. The molecule has 0 radical (unpaired) electrons. The second-order valence-corrected chi connectivity index (χ2v) is 8.74. The standard InChI is InChI=1S/C19H20BrFN2O2S/c20-14-9-15(26-12-14)10-23(17-4-2-1-3-16(17)21)19(24)25-18-11-22-7-5-13(18)6-8-22/h1-4,9,12-13,18H,5-8,10-11H2. The molecular formula is C19H20BrFN2O2S. The van der Waals surface area contributed by atoms with Crippen molar-refractivity contribution in [3.05, 3.63) is 50.9 Å². The minimum absolute atomic E-state index is 0.102. The number of para-hydroxylation sites is 1. The third-order valence-corrected chi connectivity index (χ3v) is 6.83. The Bertz CT molecular complexity index is 791. The van der Waals surface area contributed by atoms with Crippen molar-refractivity contribution < 1.29 is 13.9 Å². The molecule has 138 valence electrons. The van der Waals surface area contributed by atoms with E-state index in [1.54, 1.807) is 18.2 Å². The van der Waals surface area contributed by atoms with Crippen molar-refractivity contribution in [2.24, 2.45) is 5.92 Å². The molecule has 1 aromatic heterocycles. The molecule has 1 amide bonds. The van der Waals surface area contributed by atoms with Crippen molar-refractivity contribution in [1.29, 1.82) is 0 Å². The van der Waals surface area contributed by atoms with E-state index in [-0.39, 0.29) is 18.3 Å². The van der Waals surface area contributed by atoms with Gasteiger partial charge in [0.15, 0.2) is 0 Å². The number of hydrogen-bond acceptors (Lipinski definition) is 4. The normalized spacial score (nSPS) is 24.5. The van der Waals surface area contributed by atoms with E-state index >= 15 is 0 Å². The zero-order chi connectivity index (χ0) is 18.1. The van der Waals surface area contributed by atoms with Gasteiger partial charge >= 0.3 is 6.09 Å². The summed E-state index contributed by atoms with van der Waals surface area (Å²) in [5.74, 6) is -0.00344. The number of rotatable bonds is 4. The number of piperidine rings is 3. The first-order chi connectivity index (χ1) is 12.6. The van der Waals surface area contributed by atoms with Crippen LogP contribution >= 0.6 is 27.3 Å². The molecule has 2 bridgehead atoms. The number of amides is 1. The summed E-state index contributed by atoms with van der Waals surface area (Å²) in [4.78, 5) is 17.7. The monoisotopic (exact) mass is 438 g/mol. The predicted molar refractivity (Wildman–Crippen MR) is 104 cm³/mol. The summed E-state index contributed by atoms with van der Waals surface area (Å²) < 4.78 is 21.2. The van der Waals surface area contributed by atoms with E-state index in [4.69, 9.17) is 4.74 Å². The van der Waals surface area contributed by atoms with Crippen LogP contribution in [-0.2, 0) is 11.3 Å². The highest BCUT2D eigenvalue weighted by Gasteiger charge is 2.37. The maximum atomic E-state index is 14.4. The fraction of sp³-hybridized carbons (Fsp3) is 0.421. The Hall–Kier alpha value is -1.44. The van der Waals surface area contributed by atoms with Gasteiger partial charge in [-0.2, -0.15) is 0 Å². The van der Waals surface area contributed by atoms with Crippen molar-refractivity contribution >= 4 is 39.0 Å². The second kappa shape index (κ2) is 7.66. The summed E-state index contributed by atoms with van der Waals surface area (Å²) in [6, 6.07) is 8.29. The van der Waals surface area contributed by atoms with Gasteiger partial charge in [-0.1, -0.05) is 12.1 Å². The lowest BCUT2D eigenvalue weighted by Crippen LogP contribution is -2.53. The lowest BCUT2D eigenvalue weighted by Gasteiger charge is -2.44. The van der Waals surface area contributed by atoms with Crippen LogP contribution in [0.1, 0.15) is 17.7 Å². The van der Waals surface area contributed by atoms with Crippen molar-refractivity contribution in [2.75, 3.05) is 24.5 Å². The van der Waals surface area contributed by atoms with Crippen LogP contribution in [0.2, 0.25) is 0 Å². The topological polar surface area (TPSA) is 32.8 Å². The van der Waals surface area contributed by atoms with Crippen LogP contribution in [0.15, 0.2) is 40.2 Å². The maximum Gasteiger partial charge on any atom is 0.415 e. The zero-order valence-corrected chi connectivity index (χ0v) is 16.6. The Morgan fingerprint density at radius 1 is 1.35 bits per heavy atom. The number of ether oxygens (including phenoxy) is 1. The van der Waals surface area contributed by atoms with Crippen LogP contribution in [0.5, 0.6) is 0 Å². The maximum absolute atomic E-state index is 14.4. The average Bonchev–Trinajstić information content (AvgIpc) is 3.06. The summed E-state index contributed by atoms with van der Waals surface area (Å²) in [5, 5.41) is 1.95. The quantitative estimate of drug-likeness (QED) is 0.681. The predicted octanol–water partition coefficient (Wildman–Crippen LogP) is 4.89. The molecular weight excluding hydrogens is 419 g/mol. The number of anilines is 1. The molecule has 7 heteroatoms. The summed E-state index contributed by atoms with van der Waals surface area (Å²) in [6.07, 6.45) is 1.55. The molecule has 5 rings (SSSR count). The van der Waals surface area contributed by atoms with Gasteiger partial charge < -0.3 is 4.74 Å². The number of halogens is 2. The van der Waals surface area contributed by atoms with Crippen LogP contribution in [-0.4, -0.2) is 36.7 Å². The largest absolute Gasteiger partial charge is 0.444 e. The summed E-state index contributed by atoms with van der Waals surface area (Å²) in [6.45, 7) is 3.24. The van der Waals surface area contributed by atoms with Gasteiger partial charge in [0.2, 0.25) is 0 Å². The highest BCUT2D eigenvalue weighted by atomic mass is 79.9. The zero-order valence-electron chi connectivity index (χ0n) is 14.2. The Kier molecular flexibility index (Phi) is 5.29. The van der Waals surface area contributed by atoms with Crippen molar-refractivity contribution in [3.63, 3.8) is 0 Å². The fourth-order valence-electron chi connectivity index (χ4n) is 3.75. The SMILES string of the molecule is O=C(OC1CN2CCC1CC2)N(Cc1cc(Br)cs1)c1ccccc1F. The second-order valence-electron chi connectivity index (χ2n) is 6.83. The lowest BCUT2D eigenvalue weighted by molar-refractivity contribution is -0.0311. The van der Waals surface area contributed by atoms with Gasteiger partial charge in [-0.25, -0.2) is 9.18 Å². The van der Waals surface area contributed by atoms with Crippen LogP contribution in [0.25, 0.3) is 0 Å². The summed E-state index contributed by atoms with van der Waals surface area (Å²) in [7, 11) is 0. The van der Waals surface area contributed by atoms with Gasteiger partial charge in [0.1, 0.15) is 11.9 Å². The van der Waals surface area contributed by atoms with E-state index < -0.39 is 11.9 Å². The first kappa shape index (κ1) is 17.9. The Morgan fingerprint density at radius 3 is 2.73 bits per heavy atom. The smallest absolute Gasteiger partial charge is 0.415 e. The van der Waals surface area contributed by atoms with Crippen molar-refractivity contribution in [3.8, 4) is 0 Å². The van der Waals surface area contributed by atoms with Gasteiger partial charge in [-0.3, -0.25) is 9.80 Å². The van der Waals surface area contributed by atoms with Crippen LogP contribution in [0.3, 0.4) is 0 Å². The molecule has 2 aromatic rings. The van der Waals surface area contributed by atoms with E-state index in [2.05, 4.69) is 20.8 Å². The average molecular weight is 439 g/mol. The molecule has 0 N–H and O–H groups in total. The van der Waals surface area contributed by atoms with E-state index in [0.29, 0.717) is 5.92 Å². The molecule has 3 aliphatic rings. The van der Waals surface area contributed by atoms with Gasteiger partial charge in [-0.05, 0) is 66.0 Å². The summed E-state index contributed by atoms with van der Waals surface area (Å²) >= 11 is 4.95. The minimum atomic E-state index is -0.474. The highest BCUT2D eigenvalue weighted by molar-refractivity contribution is 9.10.